The number of aryl methyl sites for hydroxylation is 2. The average molecular weight is 546 g/mol. The molecule has 3 aromatic heterocycles. The SMILES string of the molecule is Cc1cc(C(F)(F)C(F)(F)F)n2nc(C(=O)Nc3c(C)nn(Cc4cccc(C(F)(F)F)c4)c3C)cc2n1. The molecule has 0 aliphatic heterocycles. The lowest BCUT2D eigenvalue weighted by molar-refractivity contribution is -0.291. The smallest absolute Gasteiger partial charge is 0.317 e. The van der Waals surface area contributed by atoms with Crippen LogP contribution >= 0.6 is 0 Å². The second kappa shape index (κ2) is 9.06. The van der Waals surface area contributed by atoms with Gasteiger partial charge < -0.3 is 5.32 Å². The van der Waals surface area contributed by atoms with Gasteiger partial charge in [0, 0.05) is 11.8 Å². The number of alkyl halides is 8. The fourth-order valence-electron chi connectivity index (χ4n) is 3.81. The molecule has 202 valence electrons. The normalized spacial score (nSPS) is 12.8. The van der Waals surface area contributed by atoms with Gasteiger partial charge in [-0.3, -0.25) is 9.48 Å². The van der Waals surface area contributed by atoms with Gasteiger partial charge in [-0.2, -0.15) is 45.3 Å². The molecule has 0 fully saturated rings. The van der Waals surface area contributed by atoms with Crippen LogP contribution in [0.5, 0.6) is 0 Å². The predicted molar refractivity (Wildman–Crippen MR) is 118 cm³/mol. The molecule has 15 heteroatoms. The van der Waals surface area contributed by atoms with Crippen LogP contribution in [0, 0.1) is 20.8 Å². The number of hydrogen-bond donors (Lipinski definition) is 1. The highest BCUT2D eigenvalue weighted by molar-refractivity contribution is 6.04. The van der Waals surface area contributed by atoms with Gasteiger partial charge in [0.25, 0.3) is 5.91 Å². The lowest BCUT2D eigenvalue weighted by Crippen LogP contribution is -2.36. The van der Waals surface area contributed by atoms with Gasteiger partial charge in [-0.25, -0.2) is 9.50 Å². The van der Waals surface area contributed by atoms with E-state index in [2.05, 4.69) is 20.5 Å². The number of amides is 1. The van der Waals surface area contributed by atoms with Gasteiger partial charge >= 0.3 is 18.3 Å². The number of carbonyl (C=O) groups excluding carboxylic acids is 1. The Kier molecular flexibility index (Phi) is 6.44. The molecule has 4 rings (SSSR count). The Hall–Kier alpha value is -4.04. The number of hydrogen-bond acceptors (Lipinski definition) is 4. The number of aromatic nitrogens is 5. The summed E-state index contributed by atoms with van der Waals surface area (Å²) < 4.78 is 108. The molecule has 7 nitrogen and oxygen atoms in total. The third kappa shape index (κ3) is 4.91. The van der Waals surface area contributed by atoms with Gasteiger partial charge in [0.05, 0.1) is 29.2 Å². The zero-order valence-corrected chi connectivity index (χ0v) is 19.8. The van der Waals surface area contributed by atoms with Crippen molar-refractivity contribution < 1.29 is 39.9 Å². The minimum atomic E-state index is -5.91. The highest BCUT2D eigenvalue weighted by Crippen LogP contribution is 2.43. The van der Waals surface area contributed by atoms with Crippen LogP contribution in [0.25, 0.3) is 5.65 Å². The van der Waals surface area contributed by atoms with Crippen molar-refractivity contribution in [3.63, 3.8) is 0 Å². The fraction of sp³-hybridized carbons (Fsp3) is 0.304. The van der Waals surface area contributed by atoms with Crippen molar-refractivity contribution in [2.24, 2.45) is 0 Å². The van der Waals surface area contributed by atoms with Crippen LogP contribution in [-0.4, -0.2) is 36.5 Å². The summed E-state index contributed by atoms with van der Waals surface area (Å²) in [5, 5.41) is 10.3. The minimum absolute atomic E-state index is 0.0556. The maximum Gasteiger partial charge on any atom is 0.459 e. The monoisotopic (exact) mass is 546 g/mol. The molecule has 0 spiro atoms. The van der Waals surface area contributed by atoms with E-state index in [0.717, 1.165) is 18.2 Å². The third-order valence-corrected chi connectivity index (χ3v) is 5.67. The highest BCUT2D eigenvalue weighted by Gasteiger charge is 2.60. The molecule has 4 aromatic rings. The van der Waals surface area contributed by atoms with Crippen LogP contribution in [0.1, 0.15) is 44.4 Å². The van der Waals surface area contributed by atoms with E-state index in [1.807, 2.05) is 0 Å². The van der Waals surface area contributed by atoms with E-state index >= 15 is 0 Å². The van der Waals surface area contributed by atoms with Gasteiger partial charge in [-0.05, 0) is 44.5 Å². The Morgan fingerprint density at radius 3 is 2.26 bits per heavy atom. The lowest BCUT2D eigenvalue weighted by atomic mass is 10.1. The number of halogens is 8. The molecule has 1 N–H and O–H groups in total. The molecular formula is C23H18F8N6O. The Balaban J connectivity index is 1.64. The molecule has 0 unspecified atom stereocenters. The number of benzene rings is 1. The molecular weight excluding hydrogens is 528 g/mol. The summed E-state index contributed by atoms with van der Waals surface area (Å²) in [4.78, 5) is 16.7. The topological polar surface area (TPSA) is 77.1 Å². The van der Waals surface area contributed by atoms with Gasteiger partial charge in [0.15, 0.2) is 11.3 Å². The van der Waals surface area contributed by atoms with Gasteiger partial charge in [-0.15, -0.1) is 0 Å². The summed E-state index contributed by atoms with van der Waals surface area (Å²) in [6, 6.07) is 6.11. The van der Waals surface area contributed by atoms with Crippen molar-refractivity contribution in [1.82, 2.24) is 24.4 Å². The van der Waals surface area contributed by atoms with Gasteiger partial charge in [0.1, 0.15) is 5.69 Å². The van der Waals surface area contributed by atoms with E-state index in [-0.39, 0.29) is 28.1 Å². The Morgan fingerprint density at radius 1 is 0.947 bits per heavy atom. The number of nitrogens with zero attached hydrogens (tertiary/aromatic N) is 5. The van der Waals surface area contributed by atoms with Crippen molar-refractivity contribution in [3.05, 3.63) is 76.0 Å². The maximum absolute atomic E-state index is 14.1. The first-order chi connectivity index (χ1) is 17.5. The molecule has 0 bridgehead atoms. The first-order valence-electron chi connectivity index (χ1n) is 10.8. The van der Waals surface area contributed by atoms with E-state index in [9.17, 15) is 39.9 Å². The van der Waals surface area contributed by atoms with Crippen molar-refractivity contribution in [2.45, 2.75) is 45.6 Å². The average Bonchev–Trinajstić information content (AvgIpc) is 3.33. The van der Waals surface area contributed by atoms with E-state index in [4.69, 9.17) is 0 Å². The lowest BCUT2D eigenvalue weighted by Gasteiger charge is -2.20. The fourth-order valence-corrected chi connectivity index (χ4v) is 3.81. The molecule has 0 saturated heterocycles. The van der Waals surface area contributed by atoms with Crippen LogP contribution < -0.4 is 5.32 Å². The van der Waals surface area contributed by atoms with Gasteiger partial charge in [-0.1, -0.05) is 12.1 Å². The highest BCUT2D eigenvalue weighted by atomic mass is 19.4. The molecule has 38 heavy (non-hydrogen) atoms. The molecule has 0 aliphatic rings. The third-order valence-electron chi connectivity index (χ3n) is 5.67. The summed E-state index contributed by atoms with van der Waals surface area (Å²) >= 11 is 0. The summed E-state index contributed by atoms with van der Waals surface area (Å²) in [6.45, 7) is 4.22. The van der Waals surface area contributed by atoms with Crippen molar-refractivity contribution >= 4 is 17.2 Å². The summed E-state index contributed by atoms with van der Waals surface area (Å²) in [7, 11) is 0. The number of anilines is 1. The second-order valence-electron chi connectivity index (χ2n) is 8.51. The van der Waals surface area contributed by atoms with Crippen LogP contribution in [0.2, 0.25) is 0 Å². The zero-order chi connectivity index (χ0) is 28.2. The molecule has 0 saturated carbocycles. The van der Waals surface area contributed by atoms with Crippen LogP contribution in [0.15, 0.2) is 36.4 Å². The number of nitrogens with one attached hydrogen (secondary N) is 1. The number of fused-ring (bicyclic) bond motifs is 1. The van der Waals surface area contributed by atoms with Crippen molar-refractivity contribution in [1.29, 1.82) is 0 Å². The van der Waals surface area contributed by atoms with E-state index in [1.54, 1.807) is 6.92 Å². The molecule has 1 amide bonds. The quantitative estimate of drug-likeness (QED) is 0.320. The molecule has 3 heterocycles. The standard InChI is InChI=1S/C23H18F8N6O/c1-11-7-17(21(24,25)23(29,30)31)37-18(32-11)9-16(35-37)20(38)33-19-12(2)34-36(13(19)3)10-14-5-4-6-15(8-14)22(26,27)28/h4-9H,10H2,1-3H3,(H,33,38). The first-order valence-corrected chi connectivity index (χ1v) is 10.8. The Bertz CT molecular complexity index is 1530. The minimum Gasteiger partial charge on any atom is -0.317 e. The Labute approximate surface area is 209 Å². The van der Waals surface area contributed by atoms with Gasteiger partial charge in [0.2, 0.25) is 0 Å². The van der Waals surface area contributed by atoms with Crippen LogP contribution in [-0.2, 0) is 18.6 Å². The summed E-state index contributed by atoms with van der Waals surface area (Å²) in [5.74, 6) is -6.21. The number of carbonyl (C=O) groups is 1. The second-order valence-corrected chi connectivity index (χ2v) is 8.51. The van der Waals surface area contributed by atoms with Crippen molar-refractivity contribution in [2.75, 3.05) is 5.32 Å². The molecule has 0 atom stereocenters. The first kappa shape index (κ1) is 27.0. The number of rotatable bonds is 5. The van der Waals surface area contributed by atoms with Crippen LogP contribution in [0.3, 0.4) is 0 Å². The van der Waals surface area contributed by atoms with Crippen LogP contribution in [0.4, 0.5) is 40.8 Å². The molecule has 0 aliphatic carbocycles. The largest absolute Gasteiger partial charge is 0.459 e. The van der Waals surface area contributed by atoms with E-state index in [1.165, 1.54) is 30.7 Å². The molecule has 0 radical (unpaired) electrons. The van der Waals surface area contributed by atoms with E-state index in [0.29, 0.717) is 17.3 Å². The van der Waals surface area contributed by atoms with Crippen molar-refractivity contribution in [3.8, 4) is 0 Å². The predicted octanol–water partition coefficient (Wildman–Crippen LogP) is 5.82. The van der Waals surface area contributed by atoms with E-state index < -0.39 is 46.8 Å². The summed E-state index contributed by atoms with van der Waals surface area (Å²) in [5.41, 5.74) is -2.28. The zero-order valence-electron chi connectivity index (χ0n) is 19.8. The Morgan fingerprint density at radius 2 is 1.63 bits per heavy atom. The molecule has 1 aromatic carbocycles. The maximum atomic E-state index is 14.1. The summed E-state index contributed by atoms with van der Waals surface area (Å²) in [6.07, 6.45) is -10.4.